The molecule has 23 heavy (non-hydrogen) atoms. The topological polar surface area (TPSA) is 69.2 Å². The molecule has 6 heteroatoms. The van der Waals surface area contributed by atoms with E-state index >= 15 is 0 Å². The van der Waals surface area contributed by atoms with Crippen LogP contribution in [-0.2, 0) is 11.8 Å². The summed E-state index contributed by atoms with van der Waals surface area (Å²) in [6.07, 6.45) is 4.73. The van der Waals surface area contributed by atoms with Crippen LogP contribution >= 0.6 is 11.3 Å². The molecule has 116 valence electrons. The van der Waals surface area contributed by atoms with Crippen molar-refractivity contribution in [3.63, 3.8) is 0 Å². The average molecular weight is 326 g/mol. The Morgan fingerprint density at radius 2 is 2.04 bits per heavy atom. The zero-order valence-corrected chi connectivity index (χ0v) is 13.1. The number of nitro groups is 1. The number of nitrogens with zero attached hydrogens (tertiary/aromatic N) is 2. The molecule has 2 aromatic heterocycles. The van der Waals surface area contributed by atoms with E-state index in [1.54, 1.807) is 29.7 Å². The molecule has 1 aliphatic rings. The molecule has 1 aliphatic carbocycles. The first-order valence-corrected chi connectivity index (χ1v) is 8.27. The Balaban J connectivity index is 1.55. The summed E-state index contributed by atoms with van der Waals surface area (Å²) in [4.78, 5) is 16.1. The van der Waals surface area contributed by atoms with Crippen molar-refractivity contribution in [2.45, 2.75) is 24.7 Å². The maximum atomic E-state index is 10.7. The molecule has 0 N–H and O–H groups in total. The van der Waals surface area contributed by atoms with Crippen molar-refractivity contribution in [2.75, 3.05) is 0 Å². The number of rotatable bonds is 5. The van der Waals surface area contributed by atoms with Crippen LogP contribution in [0.2, 0.25) is 0 Å². The van der Waals surface area contributed by atoms with Gasteiger partial charge in [0.05, 0.1) is 15.5 Å². The second-order valence-electron chi connectivity index (χ2n) is 5.90. The van der Waals surface area contributed by atoms with E-state index in [1.807, 2.05) is 29.6 Å². The molecular weight excluding hydrogens is 312 g/mol. The lowest BCUT2D eigenvalue weighted by Gasteiger charge is -2.11. The van der Waals surface area contributed by atoms with Gasteiger partial charge in [-0.25, -0.2) is 4.98 Å². The normalized spacial score (nSPS) is 15.5. The molecule has 1 aromatic carbocycles. The molecule has 0 radical (unpaired) electrons. The van der Waals surface area contributed by atoms with E-state index < -0.39 is 0 Å². The number of oxazole rings is 1. The highest BCUT2D eigenvalue weighted by Gasteiger charge is 2.46. The summed E-state index contributed by atoms with van der Waals surface area (Å²) >= 11 is 1.61. The molecule has 0 unspecified atom stereocenters. The first-order valence-electron chi connectivity index (χ1n) is 7.40. The van der Waals surface area contributed by atoms with E-state index in [0.29, 0.717) is 5.89 Å². The monoisotopic (exact) mass is 326 g/mol. The SMILES string of the molecule is O=[N+]([O-])c1ccc(CC2(c3coc(-c4cccs4)n3)CC2)cc1. The van der Waals surface area contributed by atoms with Crippen LogP contribution in [0.1, 0.15) is 24.1 Å². The van der Waals surface area contributed by atoms with Crippen LogP contribution < -0.4 is 0 Å². The smallest absolute Gasteiger partial charge is 0.269 e. The van der Waals surface area contributed by atoms with Crippen LogP contribution in [0.4, 0.5) is 5.69 Å². The molecular formula is C17H14N2O3S. The second-order valence-corrected chi connectivity index (χ2v) is 6.84. The fourth-order valence-electron chi connectivity index (χ4n) is 2.83. The maximum absolute atomic E-state index is 10.7. The number of aromatic nitrogens is 1. The fraction of sp³-hybridized carbons (Fsp3) is 0.235. The van der Waals surface area contributed by atoms with Gasteiger partial charge in [-0.05, 0) is 36.3 Å². The van der Waals surface area contributed by atoms with E-state index in [9.17, 15) is 10.1 Å². The van der Waals surface area contributed by atoms with E-state index in [4.69, 9.17) is 4.42 Å². The summed E-state index contributed by atoms with van der Waals surface area (Å²) in [5.41, 5.74) is 2.22. The molecule has 3 aromatic rings. The van der Waals surface area contributed by atoms with Crippen LogP contribution in [0.15, 0.2) is 52.5 Å². The highest BCUT2D eigenvalue weighted by Crippen LogP contribution is 2.50. The van der Waals surface area contributed by atoms with Gasteiger partial charge in [0.1, 0.15) is 6.26 Å². The van der Waals surface area contributed by atoms with Crippen LogP contribution in [0.5, 0.6) is 0 Å². The van der Waals surface area contributed by atoms with Gasteiger partial charge in [-0.15, -0.1) is 11.3 Å². The largest absolute Gasteiger partial charge is 0.444 e. The number of hydrogen-bond acceptors (Lipinski definition) is 5. The maximum Gasteiger partial charge on any atom is 0.269 e. The van der Waals surface area contributed by atoms with Gasteiger partial charge < -0.3 is 4.42 Å². The average Bonchev–Trinajstić information content (AvgIpc) is 2.98. The number of hydrogen-bond donors (Lipinski definition) is 0. The molecule has 0 atom stereocenters. The Hall–Kier alpha value is -2.47. The second kappa shape index (κ2) is 5.31. The molecule has 4 rings (SSSR count). The van der Waals surface area contributed by atoms with E-state index in [2.05, 4.69) is 4.98 Å². The Bertz CT molecular complexity index is 833. The van der Waals surface area contributed by atoms with Gasteiger partial charge in [0, 0.05) is 17.5 Å². The Morgan fingerprint density at radius 1 is 1.26 bits per heavy atom. The Morgan fingerprint density at radius 3 is 2.65 bits per heavy atom. The third-order valence-corrected chi connectivity index (χ3v) is 5.18. The number of benzene rings is 1. The van der Waals surface area contributed by atoms with E-state index in [1.165, 1.54) is 0 Å². The van der Waals surface area contributed by atoms with Crippen molar-refractivity contribution in [3.8, 4) is 10.8 Å². The lowest BCUT2D eigenvalue weighted by molar-refractivity contribution is -0.384. The minimum Gasteiger partial charge on any atom is -0.444 e. The summed E-state index contributed by atoms with van der Waals surface area (Å²) in [5.74, 6) is 0.671. The zero-order valence-electron chi connectivity index (χ0n) is 12.3. The van der Waals surface area contributed by atoms with Crippen LogP contribution in [0.25, 0.3) is 10.8 Å². The third kappa shape index (κ3) is 2.66. The lowest BCUT2D eigenvalue weighted by Crippen LogP contribution is -2.11. The lowest BCUT2D eigenvalue weighted by atomic mass is 9.93. The fourth-order valence-corrected chi connectivity index (χ4v) is 3.49. The van der Waals surface area contributed by atoms with Gasteiger partial charge >= 0.3 is 0 Å². The van der Waals surface area contributed by atoms with Gasteiger partial charge in [0.15, 0.2) is 0 Å². The first-order chi connectivity index (χ1) is 11.2. The summed E-state index contributed by atoms with van der Waals surface area (Å²) < 4.78 is 5.63. The van der Waals surface area contributed by atoms with E-state index in [-0.39, 0.29) is 16.0 Å². The molecule has 0 saturated heterocycles. The van der Waals surface area contributed by atoms with Crippen LogP contribution in [0, 0.1) is 10.1 Å². The minimum absolute atomic E-state index is 0.0230. The van der Waals surface area contributed by atoms with Crippen molar-refractivity contribution in [1.29, 1.82) is 0 Å². The molecule has 2 heterocycles. The van der Waals surface area contributed by atoms with Crippen molar-refractivity contribution in [3.05, 3.63) is 69.4 Å². The molecule has 5 nitrogen and oxygen atoms in total. The quantitative estimate of drug-likeness (QED) is 0.508. The van der Waals surface area contributed by atoms with Crippen molar-refractivity contribution in [1.82, 2.24) is 4.98 Å². The highest BCUT2D eigenvalue weighted by atomic mass is 32.1. The van der Waals surface area contributed by atoms with Gasteiger partial charge in [-0.2, -0.15) is 0 Å². The van der Waals surface area contributed by atoms with Crippen molar-refractivity contribution >= 4 is 17.0 Å². The van der Waals surface area contributed by atoms with Crippen molar-refractivity contribution in [2.24, 2.45) is 0 Å². The standard InChI is InChI=1S/C17H14N2O3S/c20-19(21)13-5-3-12(4-6-13)10-17(7-8-17)15-11-22-16(18-15)14-2-1-9-23-14/h1-6,9,11H,7-8,10H2. The van der Waals surface area contributed by atoms with Gasteiger partial charge in [-0.3, -0.25) is 10.1 Å². The Kier molecular flexibility index (Phi) is 3.27. The molecule has 0 amide bonds. The van der Waals surface area contributed by atoms with E-state index in [0.717, 1.165) is 35.4 Å². The third-order valence-electron chi connectivity index (χ3n) is 4.32. The summed E-state index contributed by atoms with van der Waals surface area (Å²) in [5, 5.41) is 12.7. The molecule has 1 fully saturated rings. The predicted octanol–water partition coefficient (Wildman–Crippen LogP) is 4.59. The summed E-state index contributed by atoms with van der Waals surface area (Å²) in [6.45, 7) is 0. The highest BCUT2D eigenvalue weighted by molar-refractivity contribution is 7.13. The summed E-state index contributed by atoms with van der Waals surface area (Å²) in [7, 11) is 0. The molecule has 1 saturated carbocycles. The van der Waals surface area contributed by atoms with Crippen LogP contribution in [0.3, 0.4) is 0 Å². The van der Waals surface area contributed by atoms with Gasteiger partial charge in [0.2, 0.25) is 5.89 Å². The molecule has 0 aliphatic heterocycles. The van der Waals surface area contributed by atoms with Crippen molar-refractivity contribution < 1.29 is 9.34 Å². The predicted molar refractivity (Wildman–Crippen MR) is 87.5 cm³/mol. The zero-order chi connectivity index (χ0) is 15.9. The Labute approximate surface area is 136 Å². The van der Waals surface area contributed by atoms with Gasteiger partial charge in [-0.1, -0.05) is 18.2 Å². The minimum atomic E-state index is -0.373. The molecule has 0 spiro atoms. The number of nitro benzene ring substituents is 1. The first kappa shape index (κ1) is 14.1. The molecule has 0 bridgehead atoms. The number of non-ortho nitro benzene ring substituents is 1. The summed E-state index contributed by atoms with van der Waals surface area (Å²) in [6, 6.07) is 10.8. The van der Waals surface area contributed by atoms with Gasteiger partial charge in [0.25, 0.3) is 5.69 Å². The van der Waals surface area contributed by atoms with Crippen LogP contribution in [-0.4, -0.2) is 9.91 Å². The number of thiophene rings is 1.